The summed E-state index contributed by atoms with van der Waals surface area (Å²) in [7, 11) is 0. The van der Waals surface area contributed by atoms with Gasteiger partial charge >= 0.3 is 5.69 Å². The van der Waals surface area contributed by atoms with Gasteiger partial charge < -0.3 is 4.74 Å². The van der Waals surface area contributed by atoms with Crippen molar-refractivity contribution in [3.63, 3.8) is 0 Å². The van der Waals surface area contributed by atoms with Crippen LogP contribution in [0.2, 0.25) is 0 Å². The van der Waals surface area contributed by atoms with E-state index in [1.54, 1.807) is 18.5 Å². The maximum Gasteiger partial charge on any atom is 0.312 e. The van der Waals surface area contributed by atoms with Crippen molar-refractivity contribution in [2.24, 2.45) is 0 Å². The normalized spacial score (nSPS) is 9.63. The average Bonchev–Trinajstić information content (AvgIpc) is 2.46. The highest BCUT2D eigenvalue weighted by atomic mass is 16.6. The Morgan fingerprint density at radius 3 is 2.74 bits per heavy atom. The Morgan fingerprint density at radius 1 is 1.37 bits per heavy atom. The van der Waals surface area contributed by atoms with E-state index >= 15 is 0 Å². The summed E-state index contributed by atoms with van der Waals surface area (Å²) in [6.07, 6.45) is 3.11. The van der Waals surface area contributed by atoms with Crippen LogP contribution in [-0.4, -0.2) is 14.9 Å². The van der Waals surface area contributed by atoms with Crippen LogP contribution >= 0.6 is 0 Å². The van der Waals surface area contributed by atoms with E-state index in [9.17, 15) is 10.1 Å². The van der Waals surface area contributed by atoms with E-state index < -0.39 is 4.92 Å². The van der Waals surface area contributed by atoms with Gasteiger partial charge in [-0.3, -0.25) is 10.1 Å². The minimum absolute atomic E-state index is 0.0214. The fraction of sp³-hybridized carbons (Fsp3) is 0.0833. The van der Waals surface area contributed by atoms with Gasteiger partial charge in [-0.25, -0.2) is 9.97 Å². The summed E-state index contributed by atoms with van der Waals surface area (Å²) in [5, 5.41) is 19.6. The zero-order valence-corrected chi connectivity index (χ0v) is 9.68. The largest absolute Gasteiger partial charge is 0.479 e. The fourth-order valence-corrected chi connectivity index (χ4v) is 1.40. The number of nitro groups is 1. The smallest absolute Gasteiger partial charge is 0.312 e. The molecule has 2 aromatic rings. The minimum atomic E-state index is -0.595. The molecule has 1 aromatic carbocycles. The standard InChI is InChI=1S/C12H8N4O3/c13-7-9-2-3-11(10(6-9)16(17)18)19-8-12-14-4-1-5-15-12/h1-6H,8H2. The first kappa shape index (κ1) is 12.4. The van der Waals surface area contributed by atoms with Crippen molar-refractivity contribution in [2.45, 2.75) is 6.61 Å². The lowest BCUT2D eigenvalue weighted by molar-refractivity contribution is -0.386. The number of hydrogen-bond acceptors (Lipinski definition) is 6. The van der Waals surface area contributed by atoms with Crippen molar-refractivity contribution >= 4 is 5.69 Å². The molecule has 0 aliphatic heterocycles. The van der Waals surface area contributed by atoms with Crippen LogP contribution in [-0.2, 0) is 6.61 Å². The van der Waals surface area contributed by atoms with Crippen molar-refractivity contribution in [3.05, 3.63) is 58.2 Å². The van der Waals surface area contributed by atoms with E-state index in [0.717, 1.165) is 0 Å². The van der Waals surface area contributed by atoms with E-state index in [1.807, 2.05) is 6.07 Å². The molecule has 0 saturated carbocycles. The lowest BCUT2D eigenvalue weighted by Gasteiger charge is -2.05. The van der Waals surface area contributed by atoms with E-state index in [2.05, 4.69) is 9.97 Å². The zero-order chi connectivity index (χ0) is 13.7. The second kappa shape index (κ2) is 5.55. The number of aromatic nitrogens is 2. The molecular formula is C12H8N4O3. The Bertz CT molecular complexity index is 637. The molecule has 0 radical (unpaired) electrons. The number of rotatable bonds is 4. The highest BCUT2D eigenvalue weighted by molar-refractivity contribution is 5.51. The number of ether oxygens (including phenoxy) is 1. The SMILES string of the molecule is N#Cc1ccc(OCc2ncccn2)c([N+](=O)[O-])c1. The third-order valence-electron chi connectivity index (χ3n) is 2.26. The van der Waals surface area contributed by atoms with Crippen LogP contribution in [0, 0.1) is 21.4 Å². The molecular weight excluding hydrogens is 248 g/mol. The van der Waals surface area contributed by atoms with E-state index in [0.29, 0.717) is 5.82 Å². The molecule has 19 heavy (non-hydrogen) atoms. The van der Waals surface area contributed by atoms with E-state index in [1.165, 1.54) is 18.2 Å². The monoisotopic (exact) mass is 256 g/mol. The first-order valence-electron chi connectivity index (χ1n) is 5.28. The van der Waals surface area contributed by atoms with Gasteiger partial charge in [-0.15, -0.1) is 0 Å². The molecule has 94 valence electrons. The Labute approximate surface area is 108 Å². The molecule has 0 amide bonds. The minimum Gasteiger partial charge on any atom is -0.479 e. The molecule has 0 fully saturated rings. The van der Waals surface area contributed by atoms with Crippen LogP contribution in [0.25, 0.3) is 0 Å². The topological polar surface area (TPSA) is 102 Å². The number of nitrogens with zero attached hydrogens (tertiary/aromatic N) is 4. The maximum absolute atomic E-state index is 10.9. The van der Waals surface area contributed by atoms with Gasteiger partial charge in [0.2, 0.25) is 0 Å². The molecule has 1 heterocycles. The van der Waals surface area contributed by atoms with Crippen molar-refractivity contribution in [3.8, 4) is 11.8 Å². The zero-order valence-electron chi connectivity index (χ0n) is 9.68. The van der Waals surface area contributed by atoms with Crippen LogP contribution in [0.4, 0.5) is 5.69 Å². The lowest BCUT2D eigenvalue weighted by atomic mass is 10.2. The van der Waals surface area contributed by atoms with Crippen molar-refractivity contribution in [2.75, 3.05) is 0 Å². The first-order chi connectivity index (χ1) is 9.20. The van der Waals surface area contributed by atoms with Crippen LogP contribution in [0.3, 0.4) is 0 Å². The summed E-state index contributed by atoms with van der Waals surface area (Å²) in [4.78, 5) is 18.2. The van der Waals surface area contributed by atoms with E-state index in [4.69, 9.17) is 10.00 Å². The molecule has 7 nitrogen and oxygen atoms in total. The van der Waals surface area contributed by atoms with E-state index in [-0.39, 0.29) is 23.6 Å². The van der Waals surface area contributed by atoms with Crippen LogP contribution < -0.4 is 4.74 Å². The van der Waals surface area contributed by atoms with Gasteiger partial charge in [0.15, 0.2) is 11.6 Å². The third kappa shape index (κ3) is 3.01. The van der Waals surface area contributed by atoms with Crippen molar-refractivity contribution in [1.82, 2.24) is 9.97 Å². The van der Waals surface area contributed by atoms with Gasteiger partial charge in [-0.1, -0.05) is 0 Å². The number of benzene rings is 1. The van der Waals surface area contributed by atoms with Crippen LogP contribution in [0.5, 0.6) is 5.75 Å². The summed E-state index contributed by atoms with van der Waals surface area (Å²) >= 11 is 0. The molecule has 0 aliphatic carbocycles. The summed E-state index contributed by atoms with van der Waals surface area (Å²) < 4.78 is 5.31. The van der Waals surface area contributed by atoms with Gasteiger partial charge in [0.25, 0.3) is 0 Å². The van der Waals surface area contributed by atoms with Gasteiger partial charge in [-0.05, 0) is 18.2 Å². The Morgan fingerprint density at radius 2 is 2.11 bits per heavy atom. The molecule has 0 spiro atoms. The van der Waals surface area contributed by atoms with Crippen LogP contribution in [0.1, 0.15) is 11.4 Å². The van der Waals surface area contributed by atoms with Gasteiger partial charge in [-0.2, -0.15) is 5.26 Å². The second-order valence-electron chi connectivity index (χ2n) is 3.51. The third-order valence-corrected chi connectivity index (χ3v) is 2.26. The summed E-state index contributed by atoms with van der Waals surface area (Å²) in [6.45, 7) is 0.0214. The highest BCUT2D eigenvalue weighted by Gasteiger charge is 2.16. The fourth-order valence-electron chi connectivity index (χ4n) is 1.40. The maximum atomic E-state index is 10.9. The molecule has 0 atom stereocenters. The predicted molar refractivity (Wildman–Crippen MR) is 64.2 cm³/mol. The summed E-state index contributed by atoms with van der Waals surface area (Å²) in [6, 6.07) is 7.51. The molecule has 0 unspecified atom stereocenters. The molecule has 0 saturated heterocycles. The lowest BCUT2D eigenvalue weighted by Crippen LogP contribution is -2.02. The Kier molecular flexibility index (Phi) is 3.64. The second-order valence-corrected chi connectivity index (χ2v) is 3.51. The van der Waals surface area contributed by atoms with Crippen molar-refractivity contribution < 1.29 is 9.66 Å². The van der Waals surface area contributed by atoms with Gasteiger partial charge in [0.1, 0.15) is 6.61 Å². The number of nitriles is 1. The van der Waals surface area contributed by atoms with Gasteiger partial charge in [0, 0.05) is 18.5 Å². The summed E-state index contributed by atoms with van der Waals surface area (Å²) in [5.74, 6) is 0.498. The highest BCUT2D eigenvalue weighted by Crippen LogP contribution is 2.28. The molecule has 0 aliphatic rings. The van der Waals surface area contributed by atoms with Gasteiger partial charge in [0.05, 0.1) is 16.6 Å². The molecule has 2 rings (SSSR count). The molecule has 0 bridgehead atoms. The van der Waals surface area contributed by atoms with Crippen molar-refractivity contribution in [1.29, 1.82) is 5.26 Å². The predicted octanol–water partition coefficient (Wildman–Crippen LogP) is 1.84. The number of hydrogen-bond donors (Lipinski definition) is 0. The quantitative estimate of drug-likeness (QED) is 0.610. The summed E-state index contributed by atoms with van der Waals surface area (Å²) in [5.41, 5.74) is -0.0509. The Balaban J connectivity index is 2.21. The van der Waals surface area contributed by atoms with Crippen LogP contribution in [0.15, 0.2) is 36.7 Å². The molecule has 7 heteroatoms. The molecule has 1 aromatic heterocycles. The average molecular weight is 256 g/mol. The number of nitro benzene ring substituents is 1. The molecule has 0 N–H and O–H groups in total. The Hall–Kier alpha value is -3.01. The first-order valence-corrected chi connectivity index (χ1v) is 5.28.